The molecule has 0 aliphatic rings. The van der Waals surface area contributed by atoms with Crippen molar-refractivity contribution in [3.05, 3.63) is 89.2 Å². The van der Waals surface area contributed by atoms with E-state index in [9.17, 15) is 22.7 Å². The highest BCUT2D eigenvalue weighted by molar-refractivity contribution is 7.92. The topological polar surface area (TPSA) is 95.5 Å². The molecule has 0 amide bonds. The van der Waals surface area contributed by atoms with E-state index in [4.69, 9.17) is 0 Å². The number of halogens is 1. The Balaban J connectivity index is 1.92. The lowest BCUT2D eigenvalue weighted by atomic mass is 10.1. The number of carboxylic acid groups (broad SMARTS) is 1. The summed E-state index contributed by atoms with van der Waals surface area (Å²) >= 11 is 0. The van der Waals surface area contributed by atoms with E-state index in [1.54, 1.807) is 48.6 Å². The van der Waals surface area contributed by atoms with Gasteiger partial charge in [0, 0.05) is 5.69 Å². The van der Waals surface area contributed by atoms with Crippen molar-refractivity contribution in [1.82, 2.24) is 0 Å². The summed E-state index contributed by atoms with van der Waals surface area (Å²) in [5.74, 6) is -1.49. The van der Waals surface area contributed by atoms with E-state index in [0.717, 1.165) is 6.26 Å². The molecule has 3 aromatic carbocycles. The van der Waals surface area contributed by atoms with Gasteiger partial charge in [0.1, 0.15) is 5.82 Å². The first-order valence-electron chi connectivity index (χ1n) is 8.86. The lowest BCUT2D eigenvalue weighted by Gasteiger charge is -2.11. The normalized spacial score (nSPS) is 11.4. The molecule has 0 fully saturated rings. The van der Waals surface area contributed by atoms with Crippen LogP contribution in [0.3, 0.4) is 0 Å². The van der Waals surface area contributed by atoms with Crippen molar-refractivity contribution in [2.24, 2.45) is 0 Å². The Morgan fingerprint density at radius 1 is 0.967 bits per heavy atom. The number of rotatable bonds is 7. The van der Waals surface area contributed by atoms with Gasteiger partial charge in [-0.3, -0.25) is 4.72 Å². The van der Waals surface area contributed by atoms with Crippen LogP contribution >= 0.6 is 0 Å². The molecule has 0 atom stereocenters. The van der Waals surface area contributed by atoms with Gasteiger partial charge in [0.25, 0.3) is 0 Å². The zero-order valence-electron chi connectivity index (χ0n) is 16.0. The summed E-state index contributed by atoms with van der Waals surface area (Å²) in [4.78, 5) is 11.6. The first-order chi connectivity index (χ1) is 14.2. The number of sulfonamides is 1. The second-order valence-corrected chi connectivity index (χ2v) is 8.29. The highest BCUT2D eigenvalue weighted by Gasteiger charge is 2.11. The summed E-state index contributed by atoms with van der Waals surface area (Å²) in [7, 11) is -3.43. The third-order valence-electron chi connectivity index (χ3n) is 4.11. The smallest absolute Gasteiger partial charge is 0.337 e. The molecule has 8 heteroatoms. The Bertz CT molecular complexity index is 1210. The van der Waals surface area contributed by atoms with E-state index < -0.39 is 21.8 Å². The second kappa shape index (κ2) is 8.79. The van der Waals surface area contributed by atoms with Crippen LogP contribution in [0.1, 0.15) is 21.5 Å². The molecule has 0 aliphatic heterocycles. The summed E-state index contributed by atoms with van der Waals surface area (Å²) in [5.41, 5.74) is 2.73. The zero-order chi connectivity index (χ0) is 21.7. The number of benzene rings is 3. The van der Waals surface area contributed by atoms with Crippen LogP contribution in [-0.2, 0) is 10.0 Å². The maximum absolute atomic E-state index is 13.1. The first kappa shape index (κ1) is 21.1. The van der Waals surface area contributed by atoms with Gasteiger partial charge in [-0.1, -0.05) is 36.4 Å². The Morgan fingerprint density at radius 3 is 2.33 bits per heavy atom. The minimum absolute atomic E-state index is 0.0654. The molecule has 0 saturated heterocycles. The van der Waals surface area contributed by atoms with Crippen molar-refractivity contribution < 1.29 is 22.7 Å². The number of carboxylic acids is 1. The molecule has 0 unspecified atom stereocenters. The third kappa shape index (κ3) is 5.68. The standard InChI is InChI=1S/C22H19FN2O4S/c1-30(28,29)25-20-5-3-2-4-16(20)8-6-15-7-13-19(22(26)27)21(14-15)24-18-11-9-17(23)10-12-18/h2-14,24-25H,1H3,(H,26,27)/b8-6+. The summed E-state index contributed by atoms with van der Waals surface area (Å²) in [6.45, 7) is 0. The van der Waals surface area contributed by atoms with Crippen LogP contribution in [0.15, 0.2) is 66.7 Å². The predicted octanol–water partition coefficient (Wildman–Crippen LogP) is 4.81. The number of para-hydroxylation sites is 1. The van der Waals surface area contributed by atoms with Crippen LogP contribution in [0.5, 0.6) is 0 Å². The van der Waals surface area contributed by atoms with Crippen LogP contribution in [0.25, 0.3) is 12.2 Å². The van der Waals surface area contributed by atoms with Crippen molar-refractivity contribution in [3.8, 4) is 0 Å². The van der Waals surface area contributed by atoms with Crippen molar-refractivity contribution in [1.29, 1.82) is 0 Å². The van der Waals surface area contributed by atoms with Crippen molar-refractivity contribution >= 4 is 45.2 Å². The van der Waals surface area contributed by atoms with Gasteiger partial charge < -0.3 is 10.4 Å². The molecule has 0 aromatic heterocycles. The molecule has 154 valence electrons. The van der Waals surface area contributed by atoms with E-state index in [1.165, 1.54) is 30.3 Å². The molecule has 3 rings (SSSR count). The monoisotopic (exact) mass is 426 g/mol. The van der Waals surface area contributed by atoms with Crippen LogP contribution in [0, 0.1) is 5.82 Å². The van der Waals surface area contributed by atoms with Gasteiger partial charge in [0.2, 0.25) is 10.0 Å². The van der Waals surface area contributed by atoms with Gasteiger partial charge in [-0.05, 0) is 53.6 Å². The summed E-state index contributed by atoms with van der Waals surface area (Å²) in [6, 6.07) is 17.2. The number of nitrogens with one attached hydrogen (secondary N) is 2. The van der Waals surface area contributed by atoms with Crippen molar-refractivity contribution in [3.63, 3.8) is 0 Å². The van der Waals surface area contributed by atoms with Gasteiger partial charge >= 0.3 is 5.97 Å². The van der Waals surface area contributed by atoms with E-state index in [1.807, 2.05) is 0 Å². The zero-order valence-corrected chi connectivity index (χ0v) is 16.8. The lowest BCUT2D eigenvalue weighted by Crippen LogP contribution is -2.10. The molecule has 0 spiro atoms. The van der Waals surface area contributed by atoms with Gasteiger partial charge in [-0.15, -0.1) is 0 Å². The maximum atomic E-state index is 13.1. The molecule has 6 nitrogen and oxygen atoms in total. The van der Waals surface area contributed by atoms with Crippen molar-refractivity contribution in [2.75, 3.05) is 16.3 Å². The van der Waals surface area contributed by atoms with Gasteiger partial charge in [0.15, 0.2) is 0 Å². The van der Waals surface area contributed by atoms with E-state index >= 15 is 0 Å². The molecule has 0 bridgehead atoms. The molecule has 3 N–H and O–H groups in total. The lowest BCUT2D eigenvalue weighted by molar-refractivity contribution is 0.0698. The van der Waals surface area contributed by atoms with Crippen LogP contribution in [0.4, 0.5) is 21.5 Å². The van der Waals surface area contributed by atoms with Crippen LogP contribution < -0.4 is 10.0 Å². The van der Waals surface area contributed by atoms with Gasteiger partial charge in [0.05, 0.1) is 23.2 Å². The number of carbonyl (C=O) groups is 1. The molecular formula is C22H19FN2O4S. The number of anilines is 3. The molecule has 0 radical (unpaired) electrons. The number of aromatic carboxylic acids is 1. The average molecular weight is 426 g/mol. The third-order valence-corrected chi connectivity index (χ3v) is 4.70. The highest BCUT2D eigenvalue weighted by Crippen LogP contribution is 2.25. The minimum Gasteiger partial charge on any atom is -0.478 e. The fraction of sp³-hybridized carbons (Fsp3) is 0.0455. The number of hydrogen-bond donors (Lipinski definition) is 3. The average Bonchev–Trinajstić information content (AvgIpc) is 2.68. The Hall–Kier alpha value is -3.65. The molecule has 3 aromatic rings. The summed E-state index contributed by atoms with van der Waals surface area (Å²) < 4.78 is 38.7. The second-order valence-electron chi connectivity index (χ2n) is 6.54. The Kier molecular flexibility index (Phi) is 6.17. The molecule has 0 heterocycles. The summed E-state index contributed by atoms with van der Waals surface area (Å²) in [5, 5.41) is 12.4. The Morgan fingerprint density at radius 2 is 1.67 bits per heavy atom. The highest BCUT2D eigenvalue weighted by atomic mass is 32.2. The van der Waals surface area contributed by atoms with Gasteiger partial charge in [-0.25, -0.2) is 17.6 Å². The largest absolute Gasteiger partial charge is 0.478 e. The minimum atomic E-state index is -3.43. The number of hydrogen-bond acceptors (Lipinski definition) is 4. The molecule has 30 heavy (non-hydrogen) atoms. The quantitative estimate of drug-likeness (QED) is 0.471. The Labute approximate surface area is 173 Å². The van der Waals surface area contributed by atoms with Gasteiger partial charge in [-0.2, -0.15) is 0 Å². The van der Waals surface area contributed by atoms with Crippen molar-refractivity contribution in [2.45, 2.75) is 0 Å². The molecule has 0 aliphatic carbocycles. The first-order valence-corrected chi connectivity index (χ1v) is 10.8. The van der Waals surface area contributed by atoms with E-state index in [2.05, 4.69) is 10.0 Å². The van der Waals surface area contributed by atoms with Crippen LogP contribution in [0.2, 0.25) is 0 Å². The van der Waals surface area contributed by atoms with E-state index in [0.29, 0.717) is 28.2 Å². The van der Waals surface area contributed by atoms with E-state index in [-0.39, 0.29) is 5.56 Å². The maximum Gasteiger partial charge on any atom is 0.337 e. The molecular weight excluding hydrogens is 407 g/mol. The summed E-state index contributed by atoms with van der Waals surface area (Å²) in [6.07, 6.45) is 4.54. The molecule has 0 saturated carbocycles. The SMILES string of the molecule is CS(=O)(=O)Nc1ccccc1/C=C/c1ccc(C(=O)O)c(Nc2ccc(F)cc2)c1. The predicted molar refractivity (Wildman–Crippen MR) is 117 cm³/mol. The fourth-order valence-corrected chi connectivity index (χ4v) is 3.35. The van der Waals surface area contributed by atoms with Crippen LogP contribution in [-0.4, -0.2) is 25.7 Å². The fourth-order valence-electron chi connectivity index (χ4n) is 2.77.